The van der Waals surface area contributed by atoms with Crippen LogP contribution in [0.15, 0.2) is 84.4 Å². The number of carbonyl (C=O) groups excluding carboxylic acids is 2. The van der Waals surface area contributed by atoms with Crippen molar-refractivity contribution >= 4 is 12.6 Å². The topological polar surface area (TPSA) is 169 Å². The lowest BCUT2D eigenvalue weighted by molar-refractivity contribution is -0.142. The first-order valence-corrected chi connectivity index (χ1v) is 16.1. The molecule has 53 heavy (non-hydrogen) atoms. The van der Waals surface area contributed by atoms with Crippen molar-refractivity contribution in [1.82, 2.24) is 39.5 Å². The lowest BCUT2D eigenvalue weighted by Gasteiger charge is -2.16. The Morgan fingerprint density at radius 3 is 2.40 bits per heavy atom. The van der Waals surface area contributed by atoms with Gasteiger partial charge in [0.05, 0.1) is 34.4 Å². The number of H-pyrrole nitrogens is 1. The van der Waals surface area contributed by atoms with Crippen molar-refractivity contribution in [2.24, 2.45) is 0 Å². The highest BCUT2D eigenvalue weighted by molar-refractivity contribution is 5.79. The molecule has 0 amide bonds. The van der Waals surface area contributed by atoms with Gasteiger partial charge in [0, 0.05) is 65.8 Å². The van der Waals surface area contributed by atoms with E-state index in [4.69, 9.17) is 14.2 Å². The van der Waals surface area contributed by atoms with Gasteiger partial charge in [-0.25, -0.2) is 4.98 Å². The highest BCUT2D eigenvalue weighted by atomic mass is 19.4. The zero-order valence-corrected chi connectivity index (χ0v) is 28.3. The lowest BCUT2D eigenvalue weighted by atomic mass is 10.1. The smallest absolute Gasteiger partial charge is 0.408 e. The van der Waals surface area contributed by atoms with Gasteiger partial charge in [0.25, 0.3) is 0 Å². The average Bonchev–Trinajstić information content (AvgIpc) is 3.82. The van der Waals surface area contributed by atoms with E-state index >= 15 is 0 Å². The molecule has 0 aliphatic rings. The maximum absolute atomic E-state index is 12.8. The second kappa shape index (κ2) is 15.7. The molecule has 0 aromatic carbocycles. The Balaban J connectivity index is 1.17. The first kappa shape index (κ1) is 36.2. The Morgan fingerprint density at radius 1 is 0.849 bits per heavy atom. The largest absolute Gasteiger partial charge is 0.487 e. The van der Waals surface area contributed by atoms with Crippen LogP contribution in [0.1, 0.15) is 57.3 Å². The minimum atomic E-state index is -4.43. The fraction of sp³-hybridized carbons (Fsp3) is 0.222. The minimum absolute atomic E-state index is 0.00744. The van der Waals surface area contributed by atoms with Crippen LogP contribution in [0.5, 0.6) is 17.4 Å². The number of pyridine rings is 4. The van der Waals surface area contributed by atoms with Crippen LogP contribution in [0.4, 0.5) is 13.2 Å². The van der Waals surface area contributed by atoms with Gasteiger partial charge in [-0.1, -0.05) is 6.07 Å². The number of ether oxygens (including phenoxy) is 3. The van der Waals surface area contributed by atoms with Gasteiger partial charge < -0.3 is 19.2 Å². The van der Waals surface area contributed by atoms with E-state index in [1.165, 1.54) is 36.9 Å². The van der Waals surface area contributed by atoms with Crippen LogP contribution < -0.4 is 19.8 Å². The Morgan fingerprint density at radius 2 is 1.62 bits per heavy atom. The van der Waals surface area contributed by atoms with Gasteiger partial charge in [-0.15, -0.1) is 0 Å². The Bertz CT molecular complexity index is 2300. The Hall–Kier alpha value is -6.65. The molecule has 0 bridgehead atoms. The molecule has 0 fully saturated rings. The third-order valence-electron chi connectivity index (χ3n) is 7.74. The summed E-state index contributed by atoms with van der Waals surface area (Å²) in [6, 6.07) is 11.0. The fourth-order valence-electron chi connectivity index (χ4n) is 5.33. The van der Waals surface area contributed by atoms with Gasteiger partial charge in [0.15, 0.2) is 12.6 Å². The quantitative estimate of drug-likeness (QED) is 0.127. The van der Waals surface area contributed by atoms with Crippen molar-refractivity contribution < 1.29 is 37.0 Å². The van der Waals surface area contributed by atoms with E-state index in [2.05, 4.69) is 30.1 Å². The molecule has 1 N–H and O–H groups in total. The number of hydrogen-bond acceptors (Lipinski definition) is 11. The van der Waals surface area contributed by atoms with E-state index in [1.54, 1.807) is 24.5 Å². The van der Waals surface area contributed by atoms with Crippen molar-refractivity contribution in [2.75, 3.05) is 0 Å². The van der Waals surface area contributed by atoms with Crippen molar-refractivity contribution in [2.45, 2.75) is 52.4 Å². The van der Waals surface area contributed by atoms with Gasteiger partial charge in [0.2, 0.25) is 11.4 Å². The van der Waals surface area contributed by atoms with E-state index < -0.39 is 18.3 Å². The second-order valence-corrected chi connectivity index (χ2v) is 11.9. The summed E-state index contributed by atoms with van der Waals surface area (Å²) >= 11 is 0. The third-order valence-corrected chi connectivity index (χ3v) is 7.74. The average molecular weight is 729 g/mol. The number of aromatic nitrogens is 8. The summed E-state index contributed by atoms with van der Waals surface area (Å²) in [5, 5.41) is 8.40. The number of aldehydes is 2. The first-order valence-electron chi connectivity index (χ1n) is 16.1. The van der Waals surface area contributed by atoms with Gasteiger partial charge >= 0.3 is 6.18 Å². The van der Waals surface area contributed by atoms with Crippen LogP contribution >= 0.6 is 0 Å². The van der Waals surface area contributed by atoms with E-state index in [9.17, 15) is 27.6 Å². The monoisotopic (exact) mass is 728 g/mol. The van der Waals surface area contributed by atoms with Crippen LogP contribution in [0, 0.1) is 0 Å². The number of nitrogens with zero attached hydrogens (tertiary/aromatic N) is 7. The normalized spacial score (nSPS) is 11.4. The molecule has 0 aliphatic heterocycles. The molecule has 17 heteroatoms. The SMILES string of the molecule is CC(C)n1nccc1-c1ncc(COc2cc(C=O)c(OCc3cccnc3-c3ccn(CC(F)(F)F)n3)cn2)cc1COc1c[nH]c(=O)cc1C=O. The summed E-state index contributed by atoms with van der Waals surface area (Å²) in [4.78, 5) is 51.1. The van der Waals surface area contributed by atoms with E-state index in [1.807, 2.05) is 30.7 Å². The van der Waals surface area contributed by atoms with Crippen molar-refractivity contribution in [1.29, 1.82) is 0 Å². The molecule has 272 valence electrons. The molecule has 6 aromatic rings. The van der Waals surface area contributed by atoms with Gasteiger partial charge in [-0.05, 0) is 38.1 Å². The van der Waals surface area contributed by atoms with Crippen molar-refractivity contribution in [3.63, 3.8) is 0 Å². The van der Waals surface area contributed by atoms with E-state index in [0.29, 0.717) is 40.7 Å². The van der Waals surface area contributed by atoms with Gasteiger partial charge in [0.1, 0.15) is 43.6 Å². The molecule has 0 atom stereocenters. The third kappa shape index (κ3) is 8.81. The van der Waals surface area contributed by atoms with Crippen LogP contribution in [0.25, 0.3) is 22.8 Å². The predicted molar refractivity (Wildman–Crippen MR) is 182 cm³/mol. The number of alkyl halides is 3. The maximum Gasteiger partial charge on any atom is 0.408 e. The van der Waals surface area contributed by atoms with Gasteiger partial charge in [-0.2, -0.15) is 23.4 Å². The fourth-order valence-corrected chi connectivity index (χ4v) is 5.33. The molecule has 6 aromatic heterocycles. The molecular weight excluding hydrogens is 697 g/mol. The number of halogens is 3. The number of nitrogens with one attached hydrogen (secondary N) is 1. The number of hydrogen-bond donors (Lipinski definition) is 1. The highest BCUT2D eigenvalue weighted by Gasteiger charge is 2.28. The second-order valence-electron chi connectivity index (χ2n) is 11.9. The first-order chi connectivity index (χ1) is 25.5. The summed E-state index contributed by atoms with van der Waals surface area (Å²) in [6.45, 7) is 2.65. The summed E-state index contributed by atoms with van der Waals surface area (Å²) in [7, 11) is 0. The zero-order chi connectivity index (χ0) is 37.5. The van der Waals surface area contributed by atoms with Crippen LogP contribution in [-0.4, -0.2) is 58.2 Å². The molecule has 14 nitrogen and oxygen atoms in total. The number of aromatic amines is 1. The lowest BCUT2D eigenvalue weighted by Crippen LogP contribution is -2.18. The Kier molecular flexibility index (Phi) is 10.7. The van der Waals surface area contributed by atoms with Crippen molar-refractivity contribution in [3.8, 4) is 40.2 Å². The molecule has 0 radical (unpaired) electrons. The zero-order valence-electron chi connectivity index (χ0n) is 28.3. The summed E-state index contributed by atoms with van der Waals surface area (Å²) in [5.41, 5.74) is 3.49. The predicted octanol–water partition coefficient (Wildman–Crippen LogP) is 5.79. The van der Waals surface area contributed by atoms with Gasteiger partial charge in [-0.3, -0.25) is 33.7 Å². The summed E-state index contributed by atoms with van der Waals surface area (Å²) in [6.07, 6.45) is 5.34. The summed E-state index contributed by atoms with van der Waals surface area (Å²) in [5.74, 6) is 0.461. The van der Waals surface area contributed by atoms with Crippen molar-refractivity contribution in [3.05, 3.63) is 118 Å². The van der Waals surface area contributed by atoms with Crippen LogP contribution in [0.3, 0.4) is 0 Å². The molecule has 0 saturated heterocycles. The van der Waals surface area contributed by atoms with Crippen LogP contribution in [-0.2, 0) is 26.4 Å². The maximum atomic E-state index is 12.8. The molecule has 6 heterocycles. The minimum Gasteiger partial charge on any atom is -0.487 e. The highest BCUT2D eigenvalue weighted by Crippen LogP contribution is 2.28. The molecule has 0 unspecified atom stereocenters. The molecule has 0 aliphatic carbocycles. The summed E-state index contributed by atoms with van der Waals surface area (Å²) < 4.78 is 58.8. The molecular formula is C36H31F3N8O6. The molecule has 0 spiro atoms. The van der Waals surface area contributed by atoms with E-state index in [0.717, 1.165) is 16.4 Å². The van der Waals surface area contributed by atoms with E-state index in [-0.39, 0.29) is 60.1 Å². The van der Waals surface area contributed by atoms with Crippen LogP contribution in [0.2, 0.25) is 0 Å². The number of carbonyl (C=O) groups is 2. The molecule has 0 saturated carbocycles. The Labute approximate surface area is 299 Å². The molecule has 6 rings (SSSR count). The standard InChI is InChI=1S/C36H31F3N8O6/c1-22(2)47-29(5-8-44-47)35-27(20-52-30-14-41-32(50)11-25(30)16-48)10-23(13-43-35)18-53-33-12-26(17-49)31(15-42-33)51-19-24-4-3-7-40-34(24)28-6-9-46(45-28)21-36(37,38)39/h3-17,22H,18-21H2,1-2H3,(H,41,50). The number of rotatable bonds is 15.